The summed E-state index contributed by atoms with van der Waals surface area (Å²) in [4.78, 5) is 132. The Labute approximate surface area is 648 Å². The summed E-state index contributed by atoms with van der Waals surface area (Å²) in [7, 11) is 0. The summed E-state index contributed by atoms with van der Waals surface area (Å²) in [5.41, 5.74) is 6.45. The van der Waals surface area contributed by atoms with E-state index in [0.29, 0.717) is 108 Å². The minimum absolute atomic E-state index is 0.235. The molecular weight excluding hydrogens is 1360 g/mol. The molecule has 0 fully saturated rings. The van der Waals surface area contributed by atoms with Crippen LogP contribution in [0.15, 0.2) is 109 Å². The fraction of sp³-hybridized carbons (Fsp3) is 0.449. The summed E-state index contributed by atoms with van der Waals surface area (Å²) in [5, 5.41) is 11.9. The van der Waals surface area contributed by atoms with Crippen molar-refractivity contribution in [1.82, 2.24) is 19.6 Å². The highest BCUT2D eigenvalue weighted by atomic mass is 16.2. The Morgan fingerprint density at radius 1 is 0.209 bits per heavy atom. The molecule has 0 atom stereocenters. The molecule has 12 heteroatoms. The van der Waals surface area contributed by atoms with Crippen LogP contribution >= 0.6 is 0 Å². The van der Waals surface area contributed by atoms with Crippen LogP contribution in [0.3, 0.4) is 0 Å². The summed E-state index contributed by atoms with van der Waals surface area (Å²) in [6.07, 6.45) is 28.9. The highest BCUT2D eigenvalue weighted by Crippen LogP contribution is 2.54. The molecule has 11 aromatic rings. The van der Waals surface area contributed by atoms with Crippen LogP contribution in [0.2, 0.25) is 0 Å². The van der Waals surface area contributed by atoms with Crippen molar-refractivity contribution in [1.29, 1.82) is 0 Å². The zero-order valence-electron chi connectivity index (χ0n) is 66.4. The number of amides is 8. The van der Waals surface area contributed by atoms with E-state index in [2.05, 4.69) is 73.6 Å². The van der Waals surface area contributed by atoms with E-state index in [1.54, 1.807) is 19.6 Å². The van der Waals surface area contributed by atoms with Crippen LogP contribution in [0.5, 0.6) is 0 Å². The lowest BCUT2D eigenvalue weighted by molar-refractivity contribution is 0.0501. The molecule has 0 aromatic heterocycles. The zero-order valence-corrected chi connectivity index (χ0v) is 66.4. The van der Waals surface area contributed by atoms with E-state index in [1.165, 1.54) is 0 Å². The maximum atomic E-state index is 16.7. The van der Waals surface area contributed by atoms with Gasteiger partial charge in [0.05, 0.1) is 5.56 Å². The molecule has 0 unspecified atom stereocenters. The van der Waals surface area contributed by atoms with Crippen molar-refractivity contribution >= 4 is 133 Å². The molecule has 11 aromatic carbocycles. The first-order chi connectivity index (χ1) is 53.7. The molecule has 8 amide bonds. The Morgan fingerprint density at radius 2 is 0.473 bits per heavy atom. The topological polar surface area (TPSA) is 150 Å². The van der Waals surface area contributed by atoms with E-state index in [-0.39, 0.29) is 71.4 Å². The van der Waals surface area contributed by atoms with E-state index in [1.807, 2.05) is 91.0 Å². The van der Waals surface area contributed by atoms with Crippen LogP contribution in [0.4, 0.5) is 0 Å². The molecular formula is C98H110N4O8. The molecule has 4 aliphatic heterocycles. The first-order valence-electron chi connectivity index (χ1n) is 42.8. The molecule has 110 heavy (non-hydrogen) atoms. The average molecular weight is 1470 g/mol. The van der Waals surface area contributed by atoms with E-state index in [9.17, 15) is 0 Å². The third kappa shape index (κ3) is 12.8. The largest absolute Gasteiger partial charge is 0.271 e. The van der Waals surface area contributed by atoms with Crippen LogP contribution in [-0.2, 0) is 0 Å². The molecule has 0 aliphatic carbocycles. The third-order valence-corrected chi connectivity index (χ3v) is 25.7. The molecule has 0 saturated carbocycles. The van der Waals surface area contributed by atoms with Gasteiger partial charge in [0, 0.05) is 84.7 Å². The van der Waals surface area contributed by atoms with Crippen LogP contribution in [0.25, 0.3) is 108 Å². The fourth-order valence-corrected chi connectivity index (χ4v) is 20.1. The van der Waals surface area contributed by atoms with Gasteiger partial charge in [0.2, 0.25) is 0 Å². The SMILES string of the molecule is CCCCCC(CCCCC)N1C(=O)c2ccc3c4ccc5c6c(c(-c7cccc(-c8cc9c%10c(ccc%11c%12ccc%13c%14c(ccc(c8c%10%11)c%14%12)C(=O)N(C(CCCCC)CCCCC)C%13=O)C(=O)N(C(CCCCC)CCCCC)C9=O)c7)cc(c7ccc(c2c37)C1=O)c64)C(=O)N(C(CCCCC)CCCCC)C5=O. The van der Waals surface area contributed by atoms with Gasteiger partial charge in [-0.15, -0.1) is 0 Å². The van der Waals surface area contributed by atoms with Gasteiger partial charge in [0.15, 0.2) is 0 Å². The zero-order chi connectivity index (χ0) is 76.8. The van der Waals surface area contributed by atoms with Gasteiger partial charge in [-0.25, -0.2) is 0 Å². The first-order valence-corrected chi connectivity index (χ1v) is 42.8. The second-order valence-corrected chi connectivity index (χ2v) is 32.7. The minimum Gasteiger partial charge on any atom is -0.271 e. The standard InChI is InChI=1S/C98H110N4O8/c1-9-17-25-36-61(37-26-18-10-2)99-91(103)71-50-44-65-66-46-54-76-89-83(66)79(69-48-53-72(92(99)104)85(71)81(65)69)57-78(90(89)98(110)102(96(76)108)64(42-31-23-15-7)43-32-24-16-8)60-35-33-34-59(56-60)77-58-80-87-75(95(107)101(97(80)109)63(40-29-21-13-5)41-30-22-14-6)52-47-68-67-45-51-73-86-74(55-49-70(82(67)86)84(77)88(68)87)94(106)100(93(73)105)62(38-27-19-11-3)39-28-20-12-4/h33-35,44-58,61-64H,9-32,36-43H2,1-8H3. The molecule has 0 spiro atoms. The first kappa shape index (κ1) is 76.0. The van der Waals surface area contributed by atoms with Crippen molar-refractivity contribution in [3.63, 3.8) is 0 Å². The van der Waals surface area contributed by atoms with Gasteiger partial charge in [-0.1, -0.05) is 264 Å². The van der Waals surface area contributed by atoms with Gasteiger partial charge in [-0.05, 0) is 193 Å². The van der Waals surface area contributed by atoms with Crippen molar-refractivity contribution in [3.05, 3.63) is 154 Å². The van der Waals surface area contributed by atoms with Gasteiger partial charge in [0.25, 0.3) is 47.3 Å². The second-order valence-electron chi connectivity index (χ2n) is 32.7. The average Bonchev–Trinajstić information content (AvgIpc) is 0.689. The number of unbranched alkanes of at least 4 members (excludes halogenated alkanes) is 16. The summed E-state index contributed by atoms with van der Waals surface area (Å²) in [5.74, 6) is -2.41. The monoisotopic (exact) mass is 1470 g/mol. The van der Waals surface area contributed by atoms with E-state index in [4.69, 9.17) is 0 Å². The Bertz CT molecular complexity index is 5390. The maximum Gasteiger partial charge on any atom is 0.262 e. The molecule has 570 valence electrons. The molecule has 0 bridgehead atoms. The number of carbonyl (C=O) groups is 8. The van der Waals surface area contributed by atoms with Gasteiger partial charge in [-0.3, -0.25) is 58.0 Å². The number of carbonyl (C=O) groups excluding carboxylic acids is 8. The number of benzene rings is 11. The maximum absolute atomic E-state index is 16.7. The van der Waals surface area contributed by atoms with Gasteiger partial charge < -0.3 is 0 Å². The highest BCUT2D eigenvalue weighted by molar-refractivity contribution is 6.45. The third-order valence-electron chi connectivity index (χ3n) is 25.7. The lowest BCUT2D eigenvalue weighted by Gasteiger charge is -2.36. The Balaban J connectivity index is 0.986. The molecule has 0 saturated heterocycles. The second kappa shape index (κ2) is 32.5. The fourth-order valence-electron chi connectivity index (χ4n) is 20.1. The number of imide groups is 4. The van der Waals surface area contributed by atoms with Gasteiger partial charge >= 0.3 is 0 Å². The molecule has 0 radical (unpaired) electrons. The summed E-state index contributed by atoms with van der Waals surface area (Å²) in [6, 6.07) is 34.7. The molecule has 4 heterocycles. The van der Waals surface area contributed by atoms with Crippen molar-refractivity contribution in [3.8, 4) is 22.3 Å². The lowest BCUT2D eigenvalue weighted by Crippen LogP contribution is -2.47. The molecule has 4 aliphatic rings. The Kier molecular flexibility index (Phi) is 22.4. The van der Waals surface area contributed by atoms with Crippen LogP contribution in [0.1, 0.15) is 344 Å². The number of hydrogen-bond donors (Lipinski definition) is 0. The highest BCUT2D eigenvalue weighted by Gasteiger charge is 2.45. The summed E-state index contributed by atoms with van der Waals surface area (Å²) < 4.78 is 0. The van der Waals surface area contributed by atoms with Crippen LogP contribution in [-0.4, -0.2) is 91.0 Å². The summed E-state index contributed by atoms with van der Waals surface area (Å²) >= 11 is 0. The van der Waals surface area contributed by atoms with E-state index < -0.39 is 0 Å². The van der Waals surface area contributed by atoms with Crippen LogP contribution < -0.4 is 0 Å². The Hall–Kier alpha value is -9.42. The molecule has 12 nitrogen and oxygen atoms in total. The quantitative estimate of drug-likeness (QED) is 0.0161. The van der Waals surface area contributed by atoms with Crippen molar-refractivity contribution in [2.45, 2.75) is 285 Å². The number of hydrogen-bond acceptors (Lipinski definition) is 8. The predicted octanol–water partition coefficient (Wildman–Crippen LogP) is 25.6. The van der Waals surface area contributed by atoms with Crippen molar-refractivity contribution < 1.29 is 38.4 Å². The van der Waals surface area contributed by atoms with Crippen molar-refractivity contribution in [2.75, 3.05) is 0 Å². The number of fused-ring (bicyclic) bond motifs is 4. The van der Waals surface area contributed by atoms with E-state index >= 15 is 38.4 Å². The van der Waals surface area contributed by atoms with Crippen molar-refractivity contribution in [2.24, 2.45) is 0 Å². The van der Waals surface area contributed by atoms with Gasteiger partial charge in [-0.2, -0.15) is 0 Å². The van der Waals surface area contributed by atoms with Gasteiger partial charge in [0.1, 0.15) is 0 Å². The predicted molar refractivity (Wildman–Crippen MR) is 450 cm³/mol. The molecule has 0 N–H and O–H groups in total. The normalized spacial score (nSPS) is 14.7. The minimum atomic E-state index is -0.352. The van der Waals surface area contributed by atoms with E-state index in [0.717, 1.165) is 250 Å². The summed E-state index contributed by atoms with van der Waals surface area (Å²) in [6.45, 7) is 17.4. The van der Waals surface area contributed by atoms with Crippen LogP contribution in [0, 0.1) is 0 Å². The lowest BCUT2D eigenvalue weighted by atomic mass is 9.78. The smallest absolute Gasteiger partial charge is 0.262 e. The Morgan fingerprint density at radius 3 is 0.818 bits per heavy atom. The molecule has 15 rings (SSSR count). The number of rotatable bonds is 38. The number of nitrogens with zero attached hydrogens (tertiary/aromatic N) is 4.